The number of benzene rings is 1. The number of rotatable bonds is 5. The number of hydrogen-bond acceptors (Lipinski definition) is 3. The van der Waals surface area contributed by atoms with Gasteiger partial charge in [0.25, 0.3) is 0 Å². The van der Waals surface area contributed by atoms with Crippen molar-refractivity contribution in [2.45, 2.75) is 31.9 Å². The normalized spacial score (nSPS) is 28.2. The molecule has 0 bridgehead atoms. The minimum absolute atomic E-state index is 0.0973. The summed E-state index contributed by atoms with van der Waals surface area (Å²) in [6.07, 6.45) is 1.35. The van der Waals surface area contributed by atoms with E-state index in [1.165, 1.54) is 0 Å². The van der Waals surface area contributed by atoms with Crippen LogP contribution in [0.25, 0.3) is 0 Å². The highest BCUT2D eigenvalue weighted by atomic mass is 16.5. The first-order chi connectivity index (χ1) is 8.21. The van der Waals surface area contributed by atoms with E-state index in [-0.39, 0.29) is 11.6 Å². The fourth-order valence-corrected chi connectivity index (χ4v) is 2.09. The Morgan fingerprint density at radius 1 is 1.41 bits per heavy atom. The molecular formula is C14H21NO2. The van der Waals surface area contributed by atoms with Crippen LogP contribution in [0.3, 0.4) is 0 Å². The predicted molar refractivity (Wildman–Crippen MR) is 68.4 cm³/mol. The molecule has 1 aliphatic rings. The van der Waals surface area contributed by atoms with Crippen LogP contribution < -0.4 is 10.1 Å². The van der Waals surface area contributed by atoms with Gasteiger partial charge in [0.1, 0.15) is 12.4 Å². The second-order valence-corrected chi connectivity index (χ2v) is 4.77. The summed E-state index contributed by atoms with van der Waals surface area (Å²) in [6, 6.07) is 9.91. The first-order valence-electron chi connectivity index (χ1n) is 6.25. The van der Waals surface area contributed by atoms with Crippen molar-refractivity contribution < 1.29 is 9.47 Å². The molecule has 0 spiro atoms. The average molecular weight is 235 g/mol. The zero-order valence-corrected chi connectivity index (χ0v) is 10.6. The van der Waals surface area contributed by atoms with Crippen LogP contribution in [0.1, 0.15) is 20.3 Å². The Kier molecular flexibility index (Phi) is 4.02. The molecule has 17 heavy (non-hydrogen) atoms. The molecular weight excluding hydrogens is 214 g/mol. The Morgan fingerprint density at radius 3 is 2.82 bits per heavy atom. The van der Waals surface area contributed by atoms with Crippen LogP contribution in [0.15, 0.2) is 30.3 Å². The lowest BCUT2D eigenvalue weighted by molar-refractivity contribution is 0.0872. The van der Waals surface area contributed by atoms with Gasteiger partial charge in [-0.3, -0.25) is 0 Å². The van der Waals surface area contributed by atoms with Gasteiger partial charge in [0, 0.05) is 18.7 Å². The topological polar surface area (TPSA) is 30.5 Å². The molecule has 0 radical (unpaired) electrons. The third kappa shape index (κ3) is 3.20. The van der Waals surface area contributed by atoms with Crippen molar-refractivity contribution in [3.8, 4) is 5.75 Å². The van der Waals surface area contributed by atoms with E-state index in [4.69, 9.17) is 9.47 Å². The molecule has 3 heteroatoms. The lowest BCUT2D eigenvalue weighted by Gasteiger charge is -2.29. The molecule has 1 heterocycles. The van der Waals surface area contributed by atoms with Crippen LogP contribution in [0.4, 0.5) is 0 Å². The van der Waals surface area contributed by atoms with Crippen LogP contribution in [0.2, 0.25) is 0 Å². The molecule has 0 aliphatic carbocycles. The van der Waals surface area contributed by atoms with E-state index in [1.54, 1.807) is 0 Å². The number of ether oxygens (including phenoxy) is 2. The quantitative estimate of drug-likeness (QED) is 0.794. The lowest BCUT2D eigenvalue weighted by Crippen LogP contribution is -2.49. The SMILES string of the molecule is CC1OCCC1(C)NCCOc1ccccc1. The Balaban J connectivity index is 1.70. The van der Waals surface area contributed by atoms with Gasteiger partial charge in [0.05, 0.1) is 6.10 Å². The molecule has 94 valence electrons. The van der Waals surface area contributed by atoms with Crippen LogP contribution in [0.5, 0.6) is 5.75 Å². The minimum atomic E-state index is 0.0973. The number of hydrogen-bond donors (Lipinski definition) is 1. The zero-order chi connectivity index (χ0) is 12.1. The molecule has 2 atom stereocenters. The highest BCUT2D eigenvalue weighted by molar-refractivity contribution is 5.20. The maximum atomic E-state index is 5.64. The minimum Gasteiger partial charge on any atom is -0.492 e. The zero-order valence-electron chi connectivity index (χ0n) is 10.6. The van der Waals surface area contributed by atoms with Crippen LogP contribution >= 0.6 is 0 Å². The highest BCUT2D eigenvalue weighted by Crippen LogP contribution is 2.24. The van der Waals surface area contributed by atoms with Gasteiger partial charge in [-0.05, 0) is 32.4 Å². The molecule has 1 N–H and O–H groups in total. The van der Waals surface area contributed by atoms with Gasteiger partial charge in [0.2, 0.25) is 0 Å². The molecule has 1 fully saturated rings. The average Bonchev–Trinajstić information content (AvgIpc) is 2.67. The third-order valence-corrected chi connectivity index (χ3v) is 3.53. The van der Waals surface area contributed by atoms with Gasteiger partial charge in [-0.2, -0.15) is 0 Å². The summed E-state index contributed by atoms with van der Waals surface area (Å²) in [6.45, 7) is 6.72. The molecule has 2 rings (SSSR count). The molecule has 1 aromatic rings. The second kappa shape index (κ2) is 5.52. The summed E-state index contributed by atoms with van der Waals surface area (Å²) in [5.74, 6) is 0.926. The fraction of sp³-hybridized carbons (Fsp3) is 0.571. The van der Waals surface area contributed by atoms with Crippen molar-refractivity contribution in [1.82, 2.24) is 5.32 Å². The standard InChI is InChI=1S/C14H21NO2/c1-12-14(2,8-10-16-12)15-9-11-17-13-6-4-3-5-7-13/h3-7,12,15H,8-11H2,1-2H3. The Bertz CT molecular complexity index is 341. The summed E-state index contributed by atoms with van der Waals surface area (Å²) in [5, 5.41) is 3.53. The highest BCUT2D eigenvalue weighted by Gasteiger charge is 2.36. The van der Waals surface area contributed by atoms with Gasteiger partial charge in [-0.15, -0.1) is 0 Å². The molecule has 3 nitrogen and oxygen atoms in total. The van der Waals surface area contributed by atoms with Crippen molar-refractivity contribution in [2.24, 2.45) is 0 Å². The Morgan fingerprint density at radius 2 is 2.18 bits per heavy atom. The molecule has 1 saturated heterocycles. The Hall–Kier alpha value is -1.06. The van der Waals surface area contributed by atoms with Crippen molar-refractivity contribution >= 4 is 0 Å². The summed E-state index contributed by atoms with van der Waals surface area (Å²) < 4.78 is 11.2. The maximum absolute atomic E-state index is 5.64. The van der Waals surface area contributed by atoms with Gasteiger partial charge >= 0.3 is 0 Å². The van der Waals surface area contributed by atoms with Gasteiger partial charge in [0.15, 0.2) is 0 Å². The van der Waals surface area contributed by atoms with Crippen LogP contribution in [0, 0.1) is 0 Å². The van der Waals surface area contributed by atoms with Gasteiger partial charge < -0.3 is 14.8 Å². The maximum Gasteiger partial charge on any atom is 0.119 e. The molecule has 0 saturated carbocycles. The van der Waals surface area contributed by atoms with Gasteiger partial charge in [-0.1, -0.05) is 18.2 Å². The molecule has 1 aromatic carbocycles. The molecule has 0 amide bonds. The second-order valence-electron chi connectivity index (χ2n) is 4.77. The van der Waals surface area contributed by atoms with Crippen LogP contribution in [-0.4, -0.2) is 31.4 Å². The van der Waals surface area contributed by atoms with Crippen molar-refractivity contribution in [2.75, 3.05) is 19.8 Å². The fourth-order valence-electron chi connectivity index (χ4n) is 2.09. The Labute approximate surface area is 103 Å². The summed E-state index contributed by atoms with van der Waals surface area (Å²) in [7, 11) is 0. The first kappa shape index (κ1) is 12.4. The first-order valence-corrected chi connectivity index (χ1v) is 6.25. The number of para-hydroxylation sites is 1. The number of nitrogens with one attached hydrogen (secondary N) is 1. The van der Waals surface area contributed by atoms with E-state index >= 15 is 0 Å². The predicted octanol–water partition coefficient (Wildman–Crippen LogP) is 2.22. The van der Waals surface area contributed by atoms with E-state index in [0.29, 0.717) is 6.61 Å². The molecule has 0 aromatic heterocycles. The summed E-state index contributed by atoms with van der Waals surface area (Å²) in [5.41, 5.74) is 0.0973. The van der Waals surface area contributed by atoms with Crippen molar-refractivity contribution in [3.05, 3.63) is 30.3 Å². The van der Waals surface area contributed by atoms with E-state index in [2.05, 4.69) is 19.2 Å². The smallest absolute Gasteiger partial charge is 0.119 e. The van der Waals surface area contributed by atoms with Crippen molar-refractivity contribution in [3.63, 3.8) is 0 Å². The van der Waals surface area contributed by atoms with E-state index in [9.17, 15) is 0 Å². The third-order valence-electron chi connectivity index (χ3n) is 3.53. The summed E-state index contributed by atoms with van der Waals surface area (Å²) in [4.78, 5) is 0. The lowest BCUT2D eigenvalue weighted by atomic mass is 9.95. The van der Waals surface area contributed by atoms with Crippen LogP contribution in [-0.2, 0) is 4.74 Å². The largest absolute Gasteiger partial charge is 0.492 e. The van der Waals surface area contributed by atoms with E-state index in [0.717, 1.165) is 25.3 Å². The summed E-state index contributed by atoms with van der Waals surface area (Å²) >= 11 is 0. The molecule has 2 unspecified atom stereocenters. The van der Waals surface area contributed by atoms with E-state index < -0.39 is 0 Å². The molecule has 1 aliphatic heterocycles. The van der Waals surface area contributed by atoms with Crippen molar-refractivity contribution in [1.29, 1.82) is 0 Å². The van der Waals surface area contributed by atoms with E-state index in [1.807, 2.05) is 30.3 Å². The van der Waals surface area contributed by atoms with Gasteiger partial charge in [-0.25, -0.2) is 0 Å². The monoisotopic (exact) mass is 235 g/mol.